The van der Waals surface area contributed by atoms with Crippen molar-refractivity contribution >= 4 is 0 Å². The van der Waals surface area contributed by atoms with Crippen molar-refractivity contribution in [3.05, 3.63) is 35.9 Å². The Kier molecular flexibility index (Phi) is 2.94. The van der Waals surface area contributed by atoms with Crippen LogP contribution in [0.2, 0.25) is 0 Å². The summed E-state index contributed by atoms with van der Waals surface area (Å²) < 4.78 is 0. The van der Waals surface area contributed by atoms with Crippen molar-refractivity contribution < 1.29 is 0 Å². The first-order valence-corrected chi connectivity index (χ1v) is 6.46. The molecule has 2 nitrogen and oxygen atoms in total. The van der Waals surface area contributed by atoms with Crippen LogP contribution in [0.3, 0.4) is 0 Å². The number of nitrogens with one attached hydrogen (secondary N) is 1. The summed E-state index contributed by atoms with van der Waals surface area (Å²) in [5.74, 6) is 0. The fourth-order valence-corrected chi connectivity index (χ4v) is 2.86. The lowest BCUT2D eigenvalue weighted by Gasteiger charge is -2.45. The molecule has 0 aromatic heterocycles. The second-order valence-electron chi connectivity index (χ2n) is 4.95. The smallest absolute Gasteiger partial charge is 0.0476 e. The predicted molar refractivity (Wildman–Crippen MR) is 66.4 cm³/mol. The molecule has 2 heteroatoms. The summed E-state index contributed by atoms with van der Waals surface area (Å²) in [7, 11) is 0. The number of piperazine rings is 1. The molecule has 2 aliphatic rings. The molecule has 1 aromatic rings. The third-order valence-corrected chi connectivity index (χ3v) is 4.01. The highest BCUT2D eigenvalue weighted by Gasteiger charge is 2.32. The van der Waals surface area contributed by atoms with Crippen molar-refractivity contribution in [3.8, 4) is 0 Å². The third-order valence-electron chi connectivity index (χ3n) is 4.01. The van der Waals surface area contributed by atoms with Crippen LogP contribution in [-0.2, 0) is 0 Å². The van der Waals surface area contributed by atoms with Crippen LogP contribution in [0, 0.1) is 0 Å². The molecule has 86 valence electrons. The number of benzene rings is 1. The van der Waals surface area contributed by atoms with E-state index in [1.165, 1.54) is 31.4 Å². The molecule has 1 unspecified atom stereocenters. The van der Waals surface area contributed by atoms with Gasteiger partial charge in [0.1, 0.15) is 0 Å². The summed E-state index contributed by atoms with van der Waals surface area (Å²) in [6.45, 7) is 3.48. The van der Waals surface area contributed by atoms with Gasteiger partial charge in [0, 0.05) is 31.7 Å². The van der Waals surface area contributed by atoms with Crippen molar-refractivity contribution in [2.75, 3.05) is 19.6 Å². The Bertz CT molecular complexity index is 332. The molecular weight excluding hydrogens is 196 g/mol. The van der Waals surface area contributed by atoms with Crippen LogP contribution in [0.25, 0.3) is 0 Å². The molecular formula is C14H20N2. The highest BCUT2D eigenvalue weighted by Crippen LogP contribution is 2.32. The molecule has 1 saturated heterocycles. The van der Waals surface area contributed by atoms with Crippen LogP contribution >= 0.6 is 0 Å². The minimum atomic E-state index is 0.597. The molecule has 1 aliphatic carbocycles. The SMILES string of the molecule is c1ccc(C2CNCCN2C2CCC2)cc1. The second kappa shape index (κ2) is 4.56. The number of rotatable bonds is 2. The predicted octanol–water partition coefficient (Wildman–Crippen LogP) is 2.19. The molecule has 16 heavy (non-hydrogen) atoms. The van der Waals surface area contributed by atoms with Gasteiger partial charge in [-0.2, -0.15) is 0 Å². The number of hydrogen-bond donors (Lipinski definition) is 1. The maximum Gasteiger partial charge on any atom is 0.0476 e. The van der Waals surface area contributed by atoms with Crippen molar-refractivity contribution in [3.63, 3.8) is 0 Å². The summed E-state index contributed by atoms with van der Waals surface area (Å²) in [5.41, 5.74) is 1.47. The molecule has 3 rings (SSSR count). The highest BCUT2D eigenvalue weighted by atomic mass is 15.2. The Morgan fingerprint density at radius 3 is 2.62 bits per heavy atom. The Balaban J connectivity index is 1.80. The molecule has 2 fully saturated rings. The van der Waals surface area contributed by atoms with Crippen LogP contribution < -0.4 is 5.32 Å². The summed E-state index contributed by atoms with van der Waals surface area (Å²) in [4.78, 5) is 2.72. The fourth-order valence-electron chi connectivity index (χ4n) is 2.86. The Morgan fingerprint density at radius 2 is 1.94 bits per heavy atom. The first-order valence-electron chi connectivity index (χ1n) is 6.46. The lowest BCUT2D eigenvalue weighted by Crippen LogP contribution is -2.52. The van der Waals surface area contributed by atoms with Gasteiger partial charge >= 0.3 is 0 Å². The van der Waals surface area contributed by atoms with E-state index in [-0.39, 0.29) is 0 Å². The van der Waals surface area contributed by atoms with Crippen molar-refractivity contribution in [1.82, 2.24) is 10.2 Å². The molecule has 1 heterocycles. The normalized spacial score (nSPS) is 27.6. The van der Waals surface area contributed by atoms with Crippen molar-refractivity contribution in [2.24, 2.45) is 0 Å². The van der Waals surface area contributed by atoms with Gasteiger partial charge in [0.2, 0.25) is 0 Å². The lowest BCUT2D eigenvalue weighted by atomic mass is 9.88. The van der Waals surface area contributed by atoms with E-state index in [0.29, 0.717) is 6.04 Å². The molecule has 1 saturated carbocycles. The van der Waals surface area contributed by atoms with Crippen molar-refractivity contribution in [2.45, 2.75) is 31.3 Å². The largest absolute Gasteiger partial charge is 0.314 e. The summed E-state index contributed by atoms with van der Waals surface area (Å²) in [6, 6.07) is 12.4. The second-order valence-corrected chi connectivity index (χ2v) is 4.95. The number of hydrogen-bond acceptors (Lipinski definition) is 2. The minimum absolute atomic E-state index is 0.597. The van der Waals surface area contributed by atoms with Gasteiger partial charge in [-0.05, 0) is 18.4 Å². The van der Waals surface area contributed by atoms with Gasteiger partial charge in [-0.3, -0.25) is 4.90 Å². The van der Waals surface area contributed by atoms with Crippen molar-refractivity contribution in [1.29, 1.82) is 0 Å². The molecule has 0 spiro atoms. The van der Waals surface area contributed by atoms with Crippen LogP contribution in [0.1, 0.15) is 30.9 Å². The van der Waals surface area contributed by atoms with Gasteiger partial charge in [0.25, 0.3) is 0 Å². The topological polar surface area (TPSA) is 15.3 Å². The van der Waals surface area contributed by atoms with E-state index in [1.807, 2.05) is 0 Å². The first kappa shape index (κ1) is 10.3. The van der Waals surface area contributed by atoms with Gasteiger partial charge < -0.3 is 5.32 Å². The van der Waals surface area contributed by atoms with E-state index in [1.54, 1.807) is 0 Å². The van der Waals surface area contributed by atoms with E-state index in [2.05, 4.69) is 40.5 Å². The van der Waals surface area contributed by atoms with Crippen LogP contribution in [-0.4, -0.2) is 30.6 Å². The zero-order valence-corrected chi connectivity index (χ0v) is 9.73. The Labute approximate surface area is 97.6 Å². The van der Waals surface area contributed by atoms with Crippen LogP contribution in [0.15, 0.2) is 30.3 Å². The molecule has 0 bridgehead atoms. The zero-order valence-electron chi connectivity index (χ0n) is 9.73. The zero-order chi connectivity index (χ0) is 10.8. The first-order chi connectivity index (χ1) is 7.95. The lowest BCUT2D eigenvalue weighted by molar-refractivity contribution is 0.0601. The summed E-state index contributed by atoms with van der Waals surface area (Å²) in [5, 5.41) is 3.52. The monoisotopic (exact) mass is 216 g/mol. The minimum Gasteiger partial charge on any atom is -0.314 e. The molecule has 1 aromatic carbocycles. The third kappa shape index (κ3) is 1.87. The van der Waals surface area contributed by atoms with E-state index >= 15 is 0 Å². The van der Waals surface area contributed by atoms with Gasteiger partial charge in [0.15, 0.2) is 0 Å². The van der Waals surface area contributed by atoms with Gasteiger partial charge in [-0.25, -0.2) is 0 Å². The van der Waals surface area contributed by atoms with Gasteiger partial charge in [-0.15, -0.1) is 0 Å². The summed E-state index contributed by atoms with van der Waals surface area (Å²) in [6.07, 6.45) is 4.24. The quantitative estimate of drug-likeness (QED) is 0.815. The standard InChI is InChI=1S/C14H20N2/c1-2-5-12(6-3-1)14-11-15-9-10-16(14)13-7-4-8-13/h1-3,5-6,13-15H,4,7-11H2. The highest BCUT2D eigenvalue weighted by molar-refractivity contribution is 5.20. The summed E-state index contributed by atoms with van der Waals surface area (Å²) >= 11 is 0. The van der Waals surface area contributed by atoms with Gasteiger partial charge in [0.05, 0.1) is 0 Å². The average Bonchev–Trinajstić information content (AvgIpc) is 2.29. The van der Waals surface area contributed by atoms with E-state index < -0.39 is 0 Å². The Hall–Kier alpha value is -0.860. The fraction of sp³-hybridized carbons (Fsp3) is 0.571. The molecule has 1 aliphatic heterocycles. The molecule has 1 atom stereocenters. The maximum atomic E-state index is 3.52. The average molecular weight is 216 g/mol. The molecule has 1 N–H and O–H groups in total. The van der Waals surface area contributed by atoms with E-state index in [9.17, 15) is 0 Å². The molecule has 0 radical (unpaired) electrons. The number of nitrogens with zero attached hydrogens (tertiary/aromatic N) is 1. The molecule has 0 amide bonds. The van der Waals surface area contributed by atoms with E-state index in [4.69, 9.17) is 0 Å². The van der Waals surface area contributed by atoms with Crippen LogP contribution in [0.5, 0.6) is 0 Å². The van der Waals surface area contributed by atoms with Gasteiger partial charge in [-0.1, -0.05) is 36.8 Å². The Morgan fingerprint density at radius 1 is 1.12 bits per heavy atom. The van der Waals surface area contributed by atoms with E-state index in [0.717, 1.165) is 19.1 Å². The van der Waals surface area contributed by atoms with Crippen LogP contribution in [0.4, 0.5) is 0 Å². The maximum absolute atomic E-state index is 3.52.